The van der Waals surface area contributed by atoms with Gasteiger partial charge in [-0.25, -0.2) is 4.98 Å². The Hall–Kier alpha value is -2.04. The van der Waals surface area contributed by atoms with E-state index >= 15 is 0 Å². The highest BCUT2D eigenvalue weighted by Crippen LogP contribution is 2.33. The normalized spacial score (nSPS) is 25.0. The molecule has 1 aliphatic rings. The third kappa shape index (κ3) is 2.99. The van der Waals surface area contributed by atoms with Gasteiger partial charge in [-0.3, -0.25) is 14.2 Å². The quantitative estimate of drug-likeness (QED) is 0.756. The van der Waals surface area contributed by atoms with E-state index in [1.54, 1.807) is 0 Å². The summed E-state index contributed by atoms with van der Waals surface area (Å²) in [5.41, 5.74) is 5.92. The monoisotopic (exact) mass is 354 g/mol. The van der Waals surface area contributed by atoms with E-state index < -0.39 is 30.5 Å². The van der Waals surface area contributed by atoms with Crippen LogP contribution in [-0.4, -0.2) is 43.9 Å². The first-order valence-corrected chi connectivity index (χ1v) is 8.36. The van der Waals surface area contributed by atoms with Crippen LogP contribution in [-0.2, 0) is 14.3 Å². The van der Waals surface area contributed by atoms with Gasteiger partial charge in [0.05, 0.1) is 17.0 Å². The molecule has 1 fully saturated rings. The Morgan fingerprint density at radius 3 is 3.08 bits per heavy atom. The van der Waals surface area contributed by atoms with E-state index in [2.05, 4.69) is 9.97 Å². The Morgan fingerprint density at radius 2 is 2.42 bits per heavy atom. The first kappa shape index (κ1) is 16.8. The van der Waals surface area contributed by atoms with E-state index in [1.807, 2.05) is 6.92 Å². The Bertz CT molecular complexity index is 819. The molecule has 3 N–H and O–H groups in total. The molecule has 1 unspecified atom stereocenters. The molecule has 2 aromatic heterocycles. The van der Waals surface area contributed by atoms with Crippen LogP contribution in [0.5, 0.6) is 0 Å². The van der Waals surface area contributed by atoms with Crippen molar-refractivity contribution in [2.45, 2.75) is 51.2 Å². The number of aliphatic hydroxyl groups excluding tert-OH is 1. The minimum absolute atomic E-state index is 0.0319. The van der Waals surface area contributed by atoms with Gasteiger partial charge < -0.3 is 20.3 Å². The van der Waals surface area contributed by atoms with Gasteiger partial charge in [-0.15, -0.1) is 0 Å². The molecule has 3 heterocycles. The van der Waals surface area contributed by atoms with Crippen LogP contribution in [0.1, 0.15) is 32.9 Å². The molecule has 0 saturated carbocycles. The minimum atomic E-state index is -0.925. The van der Waals surface area contributed by atoms with Crippen LogP contribution in [0.4, 0.5) is 5.95 Å². The Morgan fingerprint density at radius 1 is 1.67 bits per heavy atom. The maximum atomic E-state index is 12.3. The van der Waals surface area contributed by atoms with Crippen molar-refractivity contribution in [2.75, 3.05) is 5.73 Å². The van der Waals surface area contributed by atoms with Crippen molar-refractivity contribution in [3.63, 3.8) is 0 Å². The van der Waals surface area contributed by atoms with Gasteiger partial charge in [0.15, 0.2) is 11.9 Å². The molecule has 130 valence electrons. The average Bonchev–Trinajstić information content (AvgIpc) is 3.03. The van der Waals surface area contributed by atoms with Gasteiger partial charge in [0.25, 0.3) is 0 Å². The molecule has 1 aliphatic heterocycles. The van der Waals surface area contributed by atoms with E-state index in [0.29, 0.717) is 16.8 Å². The molecule has 0 bridgehead atoms. The number of nitrogens with two attached hydrogens (primary N) is 1. The number of hydrogen-bond donors (Lipinski definition) is 2. The topological polar surface area (TPSA) is 130 Å². The van der Waals surface area contributed by atoms with E-state index in [9.17, 15) is 14.7 Å². The summed E-state index contributed by atoms with van der Waals surface area (Å²) in [6.45, 7) is 3.18. The Kier molecular flexibility index (Phi) is 4.52. The summed E-state index contributed by atoms with van der Waals surface area (Å²) in [5.74, 6) is -0.383. The van der Waals surface area contributed by atoms with Gasteiger partial charge in [0.1, 0.15) is 12.2 Å². The highest BCUT2D eigenvalue weighted by Gasteiger charge is 2.41. The molecular weight excluding hydrogens is 336 g/mol. The van der Waals surface area contributed by atoms with Crippen molar-refractivity contribution in [3.8, 4) is 0 Å². The second-order valence-corrected chi connectivity index (χ2v) is 6.57. The number of nitrogens with zero attached hydrogens (tertiary/aromatic N) is 3. The molecule has 9 nitrogen and oxygen atoms in total. The van der Waals surface area contributed by atoms with Crippen LogP contribution in [0.15, 0.2) is 11.0 Å². The zero-order valence-electron chi connectivity index (χ0n) is 13.2. The van der Waals surface area contributed by atoms with Crippen molar-refractivity contribution in [1.29, 1.82) is 0 Å². The maximum Gasteiger partial charge on any atom is 0.311 e. The predicted molar refractivity (Wildman–Crippen MR) is 86.5 cm³/mol. The van der Waals surface area contributed by atoms with E-state index in [1.165, 1.54) is 17.7 Å². The summed E-state index contributed by atoms with van der Waals surface area (Å²) in [4.78, 5) is 31.1. The van der Waals surface area contributed by atoms with Gasteiger partial charge in [-0.05, 0) is 6.42 Å². The number of aliphatic hydroxyl groups is 1. The highest BCUT2D eigenvalue weighted by atomic mass is 32.1. The van der Waals surface area contributed by atoms with Crippen molar-refractivity contribution >= 4 is 33.6 Å². The minimum Gasteiger partial charge on any atom is -0.460 e. The molecule has 0 spiro atoms. The number of fused-ring (bicyclic) bond motifs is 1. The summed E-state index contributed by atoms with van der Waals surface area (Å²) in [7, 11) is 0. The predicted octanol–water partition coefficient (Wildman–Crippen LogP) is 0.425. The molecule has 1 saturated heterocycles. The van der Waals surface area contributed by atoms with Gasteiger partial charge >= 0.3 is 10.8 Å². The van der Waals surface area contributed by atoms with Crippen molar-refractivity contribution in [3.05, 3.63) is 15.9 Å². The van der Waals surface area contributed by atoms with E-state index in [0.717, 1.165) is 11.3 Å². The fraction of sp³-hybridized carbons (Fsp3) is 0.571. The number of thiazole rings is 1. The van der Waals surface area contributed by atoms with Crippen LogP contribution in [0, 0.1) is 0 Å². The van der Waals surface area contributed by atoms with Crippen molar-refractivity contribution in [1.82, 2.24) is 14.5 Å². The fourth-order valence-electron chi connectivity index (χ4n) is 2.86. The smallest absolute Gasteiger partial charge is 0.311 e. The first-order chi connectivity index (χ1) is 11.4. The summed E-state index contributed by atoms with van der Waals surface area (Å²) in [6, 6.07) is 0. The lowest BCUT2D eigenvalue weighted by Gasteiger charge is -2.22. The molecule has 0 amide bonds. The fourth-order valence-corrected chi connectivity index (χ4v) is 3.68. The lowest BCUT2D eigenvalue weighted by Crippen LogP contribution is -2.31. The molecule has 0 aromatic carbocycles. The van der Waals surface area contributed by atoms with Gasteiger partial charge in [0, 0.05) is 13.3 Å². The van der Waals surface area contributed by atoms with Crippen LogP contribution < -0.4 is 10.6 Å². The van der Waals surface area contributed by atoms with Crippen LogP contribution in [0.3, 0.4) is 0 Å². The van der Waals surface area contributed by atoms with E-state index in [4.69, 9.17) is 15.2 Å². The standard InChI is InChI=1S/C14H18N4O5S/c1-3-8(22-6(2)19)9-4-7(20)12(23-9)18-11-10(24-14(18)21)5-16-13(15)17-11/h5,7-9,12,20H,3-4H2,1-2H3,(H2,15,16,17)/t7-,8?,9+,12-/m1/s1. The number of hydrogen-bond acceptors (Lipinski definition) is 9. The zero-order valence-corrected chi connectivity index (χ0v) is 14.0. The maximum absolute atomic E-state index is 12.3. The molecule has 2 aromatic rings. The number of ether oxygens (including phenoxy) is 2. The molecule has 3 rings (SSSR count). The van der Waals surface area contributed by atoms with Gasteiger partial charge in [-0.1, -0.05) is 18.3 Å². The van der Waals surface area contributed by atoms with Crippen LogP contribution in [0.25, 0.3) is 10.3 Å². The van der Waals surface area contributed by atoms with Crippen molar-refractivity contribution in [2.24, 2.45) is 0 Å². The molecular formula is C14H18N4O5S. The zero-order chi connectivity index (χ0) is 17.4. The van der Waals surface area contributed by atoms with Crippen LogP contribution >= 0.6 is 11.3 Å². The Balaban J connectivity index is 1.93. The average molecular weight is 354 g/mol. The molecule has 4 atom stereocenters. The van der Waals surface area contributed by atoms with E-state index in [-0.39, 0.29) is 17.2 Å². The molecule has 0 aliphatic carbocycles. The number of esters is 1. The lowest BCUT2D eigenvalue weighted by molar-refractivity contribution is -0.156. The number of anilines is 1. The summed E-state index contributed by atoms with van der Waals surface area (Å²) in [6.07, 6.45) is -0.560. The molecule has 10 heteroatoms. The van der Waals surface area contributed by atoms with Crippen molar-refractivity contribution < 1.29 is 19.4 Å². The number of nitrogen functional groups attached to an aromatic ring is 1. The SMILES string of the molecule is CCC(OC(C)=O)[C@@H]1C[C@@H](O)[C@H](n2c(=O)sc3cnc(N)nc32)O1. The lowest BCUT2D eigenvalue weighted by atomic mass is 10.1. The third-order valence-electron chi connectivity index (χ3n) is 3.88. The highest BCUT2D eigenvalue weighted by molar-refractivity contribution is 7.16. The molecule has 24 heavy (non-hydrogen) atoms. The number of aromatic nitrogens is 3. The van der Waals surface area contributed by atoms with Gasteiger partial charge in [-0.2, -0.15) is 4.98 Å². The number of rotatable bonds is 4. The number of carbonyl (C=O) groups excluding carboxylic acids is 1. The van der Waals surface area contributed by atoms with Gasteiger partial charge in [0.2, 0.25) is 5.95 Å². The first-order valence-electron chi connectivity index (χ1n) is 7.55. The van der Waals surface area contributed by atoms with Crippen LogP contribution in [0.2, 0.25) is 0 Å². The number of carbonyl (C=O) groups is 1. The summed E-state index contributed by atoms with van der Waals surface area (Å²) >= 11 is 0.953. The summed E-state index contributed by atoms with van der Waals surface area (Å²) in [5, 5.41) is 10.4. The third-order valence-corrected chi connectivity index (χ3v) is 4.76. The second kappa shape index (κ2) is 6.46. The summed E-state index contributed by atoms with van der Waals surface area (Å²) < 4.78 is 12.9. The molecule has 0 radical (unpaired) electrons. The largest absolute Gasteiger partial charge is 0.460 e. The second-order valence-electron chi connectivity index (χ2n) is 5.58. The Labute approximate surface area is 141 Å².